The summed E-state index contributed by atoms with van der Waals surface area (Å²) in [5.41, 5.74) is 0.820. The molecule has 1 heterocycles. The van der Waals surface area contributed by atoms with E-state index in [-0.39, 0.29) is 0 Å². The summed E-state index contributed by atoms with van der Waals surface area (Å²) in [5.74, 6) is 0.463. The van der Waals surface area contributed by atoms with Gasteiger partial charge in [-0.1, -0.05) is 11.6 Å². The highest BCUT2D eigenvalue weighted by Gasteiger charge is 2.05. The molecule has 2 rings (SSSR count). The zero-order valence-corrected chi connectivity index (χ0v) is 10.6. The van der Waals surface area contributed by atoms with Crippen LogP contribution >= 0.6 is 34.2 Å². The average molecular weight is 334 g/mol. The second kappa shape index (κ2) is 4.40. The largest absolute Gasteiger partial charge is 0.473 e. The fourth-order valence-corrected chi connectivity index (χ4v) is 2.13. The molecule has 0 saturated carbocycles. The summed E-state index contributed by atoms with van der Waals surface area (Å²) in [4.78, 5) is 0. The van der Waals surface area contributed by atoms with Crippen molar-refractivity contribution in [2.45, 2.75) is 0 Å². The van der Waals surface area contributed by atoms with Crippen LogP contribution in [0.2, 0.25) is 5.02 Å². The molecule has 0 unspecified atom stereocenters. The molecule has 1 aromatic carbocycles. The smallest absolute Gasteiger partial charge is 0.233 e. The summed E-state index contributed by atoms with van der Waals surface area (Å²) in [6, 6.07) is 7.48. The Kier molecular flexibility index (Phi) is 3.16. The molecule has 1 aromatic heterocycles. The number of rotatable bonds is 2. The molecule has 0 aliphatic carbocycles. The summed E-state index contributed by atoms with van der Waals surface area (Å²) in [6.07, 6.45) is 1.77. The first-order chi connectivity index (χ1) is 7.20. The molecule has 5 heteroatoms. The second-order valence-electron chi connectivity index (χ2n) is 2.84. The molecule has 0 atom stereocenters. The first-order valence-electron chi connectivity index (χ1n) is 4.14. The van der Waals surface area contributed by atoms with Gasteiger partial charge < -0.3 is 4.74 Å². The molecular weight excluding hydrogens is 326 g/mol. The van der Waals surface area contributed by atoms with Crippen molar-refractivity contribution < 1.29 is 4.74 Å². The van der Waals surface area contributed by atoms with Crippen molar-refractivity contribution in [2.75, 3.05) is 0 Å². The van der Waals surface area contributed by atoms with Gasteiger partial charge in [0.1, 0.15) is 7.11 Å². The zero-order chi connectivity index (χ0) is 10.8. The van der Waals surface area contributed by atoms with Crippen LogP contribution in [-0.2, 0) is 0 Å². The number of aromatic nitrogens is 2. The van der Waals surface area contributed by atoms with Crippen molar-refractivity contribution in [1.29, 1.82) is 0 Å². The van der Waals surface area contributed by atoms with Crippen LogP contribution in [0.3, 0.4) is 0 Å². The van der Waals surface area contributed by atoms with E-state index < -0.39 is 0 Å². The van der Waals surface area contributed by atoms with E-state index in [0.717, 1.165) is 9.26 Å². The van der Waals surface area contributed by atoms with Crippen LogP contribution in [-0.4, -0.2) is 9.78 Å². The lowest BCUT2D eigenvalue weighted by Gasteiger charge is -2.04. The Balaban J connectivity index is 2.44. The summed E-state index contributed by atoms with van der Waals surface area (Å²) in [6.45, 7) is 0. The molecule has 1 radical (unpaired) electrons. The van der Waals surface area contributed by atoms with E-state index in [9.17, 15) is 0 Å². The minimum Gasteiger partial charge on any atom is -0.473 e. The van der Waals surface area contributed by atoms with Crippen molar-refractivity contribution in [3.05, 3.63) is 46.2 Å². The molecule has 15 heavy (non-hydrogen) atoms. The van der Waals surface area contributed by atoms with Gasteiger partial charge in [0, 0.05) is 15.8 Å². The topological polar surface area (TPSA) is 27.1 Å². The van der Waals surface area contributed by atoms with Gasteiger partial charge >= 0.3 is 0 Å². The van der Waals surface area contributed by atoms with Crippen LogP contribution < -0.4 is 4.74 Å². The minimum atomic E-state index is 0.463. The van der Waals surface area contributed by atoms with Crippen LogP contribution in [0, 0.1) is 10.7 Å². The maximum Gasteiger partial charge on any atom is 0.233 e. The van der Waals surface area contributed by atoms with Gasteiger partial charge in [-0.2, -0.15) is 0 Å². The van der Waals surface area contributed by atoms with E-state index in [4.69, 9.17) is 16.3 Å². The van der Waals surface area contributed by atoms with Gasteiger partial charge in [-0.25, -0.2) is 4.68 Å². The summed E-state index contributed by atoms with van der Waals surface area (Å²) in [7, 11) is 3.29. The standard InChI is InChI=1S/C10H7ClIN2O/c1-15-10-4-5-14(13-10)9-3-2-7(12)6-8(9)11/h2-6H,1H2. The highest BCUT2D eigenvalue weighted by molar-refractivity contribution is 14.1. The van der Waals surface area contributed by atoms with Crippen LogP contribution in [0.5, 0.6) is 5.88 Å². The molecule has 0 saturated heterocycles. The highest BCUT2D eigenvalue weighted by Crippen LogP contribution is 2.23. The quantitative estimate of drug-likeness (QED) is 0.789. The Morgan fingerprint density at radius 3 is 2.80 bits per heavy atom. The number of benzene rings is 1. The molecule has 0 aliphatic rings. The van der Waals surface area contributed by atoms with E-state index in [0.29, 0.717) is 10.9 Å². The molecule has 0 amide bonds. The average Bonchev–Trinajstić information content (AvgIpc) is 2.66. The van der Waals surface area contributed by atoms with Crippen LogP contribution in [0.25, 0.3) is 5.69 Å². The van der Waals surface area contributed by atoms with Gasteiger partial charge in [-0.3, -0.25) is 0 Å². The summed E-state index contributed by atoms with van der Waals surface area (Å²) in [5, 5.41) is 4.79. The van der Waals surface area contributed by atoms with Gasteiger partial charge in [0.2, 0.25) is 5.88 Å². The third-order valence-electron chi connectivity index (χ3n) is 1.87. The van der Waals surface area contributed by atoms with Gasteiger partial charge in [-0.05, 0) is 40.8 Å². The van der Waals surface area contributed by atoms with E-state index >= 15 is 0 Å². The lowest BCUT2D eigenvalue weighted by molar-refractivity contribution is 0.448. The van der Waals surface area contributed by atoms with Crippen molar-refractivity contribution in [3.63, 3.8) is 0 Å². The second-order valence-corrected chi connectivity index (χ2v) is 4.49. The predicted molar refractivity (Wildman–Crippen MR) is 67.3 cm³/mol. The lowest BCUT2D eigenvalue weighted by atomic mass is 10.3. The van der Waals surface area contributed by atoms with E-state index in [1.165, 1.54) is 0 Å². The van der Waals surface area contributed by atoms with Crippen molar-refractivity contribution in [1.82, 2.24) is 9.78 Å². The Morgan fingerprint density at radius 2 is 2.20 bits per heavy atom. The molecule has 0 fully saturated rings. The Bertz CT molecular complexity index is 484. The number of halogens is 2. The number of nitrogens with zero attached hydrogens (tertiary/aromatic N) is 2. The normalized spacial score (nSPS) is 10.3. The van der Waals surface area contributed by atoms with Crippen LogP contribution in [0.1, 0.15) is 0 Å². The highest BCUT2D eigenvalue weighted by atomic mass is 127. The SMILES string of the molecule is [CH2]Oc1ccn(-c2ccc(I)cc2Cl)n1. The van der Waals surface area contributed by atoms with Gasteiger partial charge in [0.15, 0.2) is 0 Å². The van der Waals surface area contributed by atoms with E-state index in [1.54, 1.807) is 16.9 Å². The number of hydrogen-bond acceptors (Lipinski definition) is 2. The van der Waals surface area contributed by atoms with Crippen molar-refractivity contribution in [3.8, 4) is 11.6 Å². The molecular formula is C10H7ClIN2O. The maximum absolute atomic E-state index is 6.09. The third kappa shape index (κ3) is 2.26. The first-order valence-corrected chi connectivity index (χ1v) is 5.59. The zero-order valence-electron chi connectivity index (χ0n) is 7.65. The fraction of sp³-hybridized carbons (Fsp3) is 0. The third-order valence-corrected chi connectivity index (χ3v) is 2.84. The minimum absolute atomic E-state index is 0.463. The molecule has 0 N–H and O–H groups in total. The number of hydrogen-bond donors (Lipinski definition) is 0. The Labute approximate surface area is 106 Å². The monoisotopic (exact) mass is 333 g/mol. The van der Waals surface area contributed by atoms with E-state index in [2.05, 4.69) is 34.8 Å². The van der Waals surface area contributed by atoms with Crippen molar-refractivity contribution in [2.24, 2.45) is 0 Å². The van der Waals surface area contributed by atoms with Gasteiger partial charge in [-0.15, -0.1) is 5.10 Å². The van der Waals surface area contributed by atoms with Crippen LogP contribution in [0.15, 0.2) is 30.5 Å². The molecule has 0 spiro atoms. The molecule has 77 valence electrons. The Hall–Kier alpha value is -0.750. The molecule has 3 nitrogen and oxygen atoms in total. The summed E-state index contributed by atoms with van der Waals surface area (Å²) < 4.78 is 7.49. The van der Waals surface area contributed by atoms with E-state index in [1.807, 2.05) is 18.2 Å². The molecule has 0 bridgehead atoms. The first kappa shape index (κ1) is 10.8. The summed E-state index contributed by atoms with van der Waals surface area (Å²) >= 11 is 8.30. The molecule has 0 aliphatic heterocycles. The van der Waals surface area contributed by atoms with Gasteiger partial charge in [0.05, 0.1) is 10.7 Å². The lowest BCUT2D eigenvalue weighted by Crippen LogP contribution is -1.96. The fourth-order valence-electron chi connectivity index (χ4n) is 1.19. The molecule has 2 aromatic rings. The van der Waals surface area contributed by atoms with Crippen molar-refractivity contribution >= 4 is 34.2 Å². The number of ether oxygens (including phenoxy) is 1. The maximum atomic E-state index is 6.09. The van der Waals surface area contributed by atoms with Crippen LogP contribution in [0.4, 0.5) is 0 Å². The van der Waals surface area contributed by atoms with Gasteiger partial charge in [0.25, 0.3) is 0 Å². The predicted octanol–water partition coefficient (Wildman–Crippen LogP) is 3.30. The Morgan fingerprint density at radius 1 is 1.40 bits per heavy atom.